The summed E-state index contributed by atoms with van der Waals surface area (Å²) in [5, 5.41) is 11.9. The van der Waals surface area contributed by atoms with Crippen LogP contribution in [-0.2, 0) is 28.6 Å². The zero-order valence-electron chi connectivity index (χ0n) is 19.3. The summed E-state index contributed by atoms with van der Waals surface area (Å²) in [6.45, 7) is 0. The zero-order valence-corrected chi connectivity index (χ0v) is 20.1. The van der Waals surface area contributed by atoms with E-state index >= 15 is 0 Å². The molecule has 0 saturated heterocycles. The third-order valence-electron chi connectivity index (χ3n) is 4.98. The lowest BCUT2D eigenvalue weighted by Gasteiger charge is -2.17. The van der Waals surface area contributed by atoms with Crippen LogP contribution >= 0.6 is 11.6 Å². The minimum Gasteiger partial charge on any atom is -0.481 e. The highest BCUT2D eigenvalue weighted by Gasteiger charge is 2.29. The number of halogens is 4. The third-order valence-corrected chi connectivity index (χ3v) is 5.29. The number of nitrogens with one attached hydrogen (secondary N) is 1. The van der Waals surface area contributed by atoms with Crippen molar-refractivity contribution < 1.29 is 27.9 Å². The topological polar surface area (TPSA) is 95.4 Å². The van der Waals surface area contributed by atoms with Crippen molar-refractivity contribution in [3.8, 4) is 0 Å². The second-order valence-corrected chi connectivity index (χ2v) is 8.37. The Kier molecular flexibility index (Phi) is 8.31. The molecule has 2 N–H and O–H groups in total. The predicted octanol–water partition coefficient (Wildman–Crippen LogP) is 5.08. The van der Waals surface area contributed by atoms with Gasteiger partial charge in [0.05, 0.1) is 12.0 Å². The average Bonchev–Trinajstić information content (AvgIpc) is 2.80. The molecule has 0 saturated carbocycles. The van der Waals surface area contributed by atoms with Gasteiger partial charge in [-0.05, 0) is 41.5 Å². The lowest BCUT2D eigenvalue weighted by Crippen LogP contribution is -2.18. The molecule has 0 fully saturated rings. The fourth-order valence-corrected chi connectivity index (χ4v) is 3.52. The average molecular weight is 519 g/mol. The Bertz CT molecular complexity index is 1280. The molecule has 188 valence electrons. The van der Waals surface area contributed by atoms with E-state index < -0.39 is 23.6 Å². The Hall–Kier alpha value is -3.92. The molecule has 0 radical (unpaired) electrons. The first-order valence-electron chi connectivity index (χ1n) is 10.6. The quantitative estimate of drug-likeness (QED) is 0.319. The van der Waals surface area contributed by atoms with Gasteiger partial charge in [-0.2, -0.15) is 13.2 Å². The van der Waals surface area contributed by atoms with Crippen molar-refractivity contribution in [2.75, 3.05) is 24.3 Å². The van der Waals surface area contributed by atoms with Gasteiger partial charge in [-0.15, -0.1) is 0 Å². The Morgan fingerprint density at radius 1 is 1.06 bits per heavy atom. The van der Waals surface area contributed by atoms with Crippen molar-refractivity contribution in [2.24, 2.45) is 0 Å². The highest BCUT2D eigenvalue weighted by Crippen LogP contribution is 2.29. The first-order valence-corrected chi connectivity index (χ1v) is 11.0. The minimum absolute atomic E-state index is 0.0785. The number of rotatable bonds is 8. The van der Waals surface area contributed by atoms with Crippen molar-refractivity contribution in [3.63, 3.8) is 0 Å². The van der Waals surface area contributed by atoms with Gasteiger partial charge in [-0.1, -0.05) is 35.9 Å². The van der Waals surface area contributed by atoms with Crippen LogP contribution < -0.4 is 10.2 Å². The van der Waals surface area contributed by atoms with Gasteiger partial charge in [0.25, 0.3) is 0 Å². The van der Waals surface area contributed by atoms with Crippen LogP contribution in [0.1, 0.15) is 28.1 Å². The van der Waals surface area contributed by atoms with E-state index in [-0.39, 0.29) is 11.6 Å². The van der Waals surface area contributed by atoms with Crippen LogP contribution in [0, 0.1) is 0 Å². The largest absolute Gasteiger partial charge is 0.481 e. The molecule has 0 bridgehead atoms. The Labute approximate surface area is 210 Å². The van der Waals surface area contributed by atoms with Crippen molar-refractivity contribution in [1.29, 1.82) is 0 Å². The van der Waals surface area contributed by atoms with Gasteiger partial charge in [-0.25, -0.2) is 9.97 Å². The van der Waals surface area contributed by atoms with Gasteiger partial charge in [0.15, 0.2) is 0 Å². The van der Waals surface area contributed by atoms with E-state index in [2.05, 4.69) is 15.3 Å². The lowest BCUT2D eigenvalue weighted by atomic mass is 10.1. The molecule has 1 aromatic heterocycles. The Morgan fingerprint density at radius 2 is 1.69 bits per heavy atom. The molecule has 0 spiro atoms. The summed E-state index contributed by atoms with van der Waals surface area (Å²) in [4.78, 5) is 33.7. The highest BCUT2D eigenvalue weighted by molar-refractivity contribution is 6.30. The van der Waals surface area contributed by atoms with Crippen molar-refractivity contribution in [3.05, 3.63) is 87.8 Å². The van der Waals surface area contributed by atoms with Crippen LogP contribution in [0.2, 0.25) is 5.15 Å². The first-order chi connectivity index (χ1) is 16.9. The molecule has 2 aromatic carbocycles. The number of nitrogens with zero attached hydrogens (tertiary/aromatic N) is 3. The molecule has 0 aliphatic rings. The fourth-order valence-electron chi connectivity index (χ4n) is 3.27. The normalized spacial score (nSPS) is 11.5. The number of alkyl halides is 3. The maximum absolute atomic E-state index is 12.6. The zero-order chi connectivity index (χ0) is 26.5. The Morgan fingerprint density at radius 3 is 2.25 bits per heavy atom. The monoisotopic (exact) mass is 518 g/mol. The number of aliphatic carboxylic acids is 1. The van der Waals surface area contributed by atoms with E-state index in [1.165, 1.54) is 24.3 Å². The van der Waals surface area contributed by atoms with E-state index in [0.717, 1.165) is 17.7 Å². The van der Waals surface area contributed by atoms with Crippen LogP contribution in [0.5, 0.6) is 0 Å². The smallest absolute Gasteiger partial charge is 0.416 e. The molecular weight excluding hydrogens is 497 g/mol. The third kappa shape index (κ3) is 7.29. The summed E-state index contributed by atoms with van der Waals surface area (Å²) < 4.78 is 37.9. The molecular formula is C25H22ClF3N4O3. The van der Waals surface area contributed by atoms with Gasteiger partial charge in [0.1, 0.15) is 16.8 Å². The van der Waals surface area contributed by atoms with E-state index in [0.29, 0.717) is 34.9 Å². The summed E-state index contributed by atoms with van der Waals surface area (Å²) in [7, 11) is 3.47. The Balaban J connectivity index is 1.64. The van der Waals surface area contributed by atoms with E-state index in [4.69, 9.17) is 16.7 Å². The number of hydrogen-bond donors (Lipinski definition) is 2. The second-order valence-electron chi connectivity index (χ2n) is 8.01. The van der Waals surface area contributed by atoms with Crippen molar-refractivity contribution in [2.45, 2.75) is 19.0 Å². The molecule has 0 aliphatic carbocycles. The number of carboxylic acids is 1. The standard InChI is InChI=1S/C25H22ClF3N4O3/c1-33(2)24-19(14-22(35)36)23(26)31-20(32-24)13-16-5-10-18(11-6-16)30-21(34)12-7-15-3-8-17(9-4-15)25(27,28)29/h3-12H,13-14H2,1-2H3,(H,30,34)(H,35,36)/b12-7+. The first kappa shape index (κ1) is 26.7. The van der Waals surface area contributed by atoms with E-state index in [1.807, 2.05) is 0 Å². The van der Waals surface area contributed by atoms with Crippen LogP contribution in [-0.4, -0.2) is 41.0 Å². The van der Waals surface area contributed by atoms with E-state index in [1.54, 1.807) is 43.3 Å². The summed E-state index contributed by atoms with van der Waals surface area (Å²) in [5.41, 5.74) is 1.38. The predicted molar refractivity (Wildman–Crippen MR) is 131 cm³/mol. The number of carboxylic acid groups (broad SMARTS) is 1. The fraction of sp³-hybridized carbons (Fsp3) is 0.200. The number of carbonyl (C=O) groups excluding carboxylic acids is 1. The molecule has 3 rings (SSSR count). The van der Waals surface area contributed by atoms with Crippen molar-refractivity contribution in [1.82, 2.24) is 9.97 Å². The van der Waals surface area contributed by atoms with Crippen molar-refractivity contribution >= 4 is 41.1 Å². The van der Waals surface area contributed by atoms with Gasteiger partial charge < -0.3 is 15.3 Å². The molecule has 0 atom stereocenters. The van der Waals surface area contributed by atoms with E-state index in [9.17, 15) is 22.8 Å². The van der Waals surface area contributed by atoms with Gasteiger partial charge >= 0.3 is 12.1 Å². The molecule has 3 aromatic rings. The summed E-state index contributed by atoms with van der Waals surface area (Å²) >= 11 is 6.23. The number of carbonyl (C=O) groups is 2. The molecule has 0 aliphatic heterocycles. The van der Waals surface area contributed by atoms with Crippen LogP contribution in [0.25, 0.3) is 6.08 Å². The molecule has 11 heteroatoms. The highest BCUT2D eigenvalue weighted by atomic mass is 35.5. The number of anilines is 2. The number of aromatic nitrogens is 2. The lowest BCUT2D eigenvalue weighted by molar-refractivity contribution is -0.138. The van der Waals surface area contributed by atoms with Crippen LogP contribution in [0.3, 0.4) is 0 Å². The maximum Gasteiger partial charge on any atom is 0.416 e. The summed E-state index contributed by atoms with van der Waals surface area (Å²) in [6.07, 6.45) is -1.73. The van der Waals surface area contributed by atoms with Crippen LogP contribution in [0.4, 0.5) is 24.7 Å². The van der Waals surface area contributed by atoms with Crippen LogP contribution in [0.15, 0.2) is 54.6 Å². The SMILES string of the molecule is CN(C)c1nc(Cc2ccc(NC(=O)/C=C/c3ccc(C(F)(F)F)cc3)cc2)nc(Cl)c1CC(=O)O. The van der Waals surface area contributed by atoms with Gasteiger partial charge in [-0.3, -0.25) is 9.59 Å². The summed E-state index contributed by atoms with van der Waals surface area (Å²) in [6, 6.07) is 11.4. The molecule has 1 heterocycles. The van der Waals surface area contributed by atoms with Gasteiger partial charge in [0.2, 0.25) is 5.91 Å². The number of benzene rings is 2. The molecule has 1 amide bonds. The maximum atomic E-state index is 12.6. The number of amides is 1. The molecule has 36 heavy (non-hydrogen) atoms. The number of hydrogen-bond acceptors (Lipinski definition) is 5. The van der Waals surface area contributed by atoms with Gasteiger partial charge in [0, 0.05) is 37.8 Å². The molecule has 7 nitrogen and oxygen atoms in total. The second kappa shape index (κ2) is 11.2. The molecule has 0 unspecified atom stereocenters. The summed E-state index contributed by atoms with van der Waals surface area (Å²) in [5.74, 6) is -0.643. The minimum atomic E-state index is -4.41.